The number of aromatic nitrogens is 5. The van der Waals surface area contributed by atoms with E-state index in [1.807, 2.05) is 40.9 Å². The molecule has 2 N–H and O–H groups in total. The standard InChI is InChI=1S/C30H20F3N7O2/c31-30(32,33)21-8-11-24(20-4-3-12-34-15-20)25(14-21)39-28(41)38-22-16-36-29(37-17-22)42-23-9-6-19(7-10-23)26-18-35-27-5-1-2-13-40(26)27/h1-18H,(H2,38,39,41). The second kappa shape index (κ2) is 11.0. The Morgan fingerprint density at radius 1 is 0.810 bits per heavy atom. The monoisotopic (exact) mass is 567 g/mol. The van der Waals surface area contributed by atoms with Crippen LogP contribution in [0.1, 0.15) is 5.56 Å². The van der Waals surface area contributed by atoms with Crippen LogP contribution >= 0.6 is 0 Å². The molecular formula is C30H20F3N7O2. The van der Waals surface area contributed by atoms with Crippen molar-refractivity contribution in [2.75, 3.05) is 10.6 Å². The van der Waals surface area contributed by atoms with Crippen molar-refractivity contribution in [2.24, 2.45) is 0 Å². The first kappa shape index (κ1) is 26.4. The zero-order chi connectivity index (χ0) is 29.1. The molecule has 6 rings (SSSR count). The number of nitrogens with one attached hydrogen (secondary N) is 2. The average Bonchev–Trinajstić information content (AvgIpc) is 3.43. The van der Waals surface area contributed by atoms with Crippen LogP contribution in [0.2, 0.25) is 0 Å². The summed E-state index contributed by atoms with van der Waals surface area (Å²) < 4.78 is 47.7. The molecule has 2 amide bonds. The van der Waals surface area contributed by atoms with Gasteiger partial charge in [-0.3, -0.25) is 9.38 Å². The van der Waals surface area contributed by atoms with E-state index in [1.165, 1.54) is 24.7 Å². The maximum absolute atomic E-state index is 13.3. The lowest BCUT2D eigenvalue weighted by atomic mass is 10.0. The largest absolute Gasteiger partial charge is 0.424 e. The van der Waals surface area contributed by atoms with E-state index in [4.69, 9.17) is 4.74 Å². The molecule has 0 spiro atoms. The van der Waals surface area contributed by atoms with Crippen LogP contribution < -0.4 is 15.4 Å². The lowest BCUT2D eigenvalue weighted by Crippen LogP contribution is -2.20. The minimum absolute atomic E-state index is 0.0384. The molecule has 0 unspecified atom stereocenters. The van der Waals surface area contributed by atoms with Gasteiger partial charge >= 0.3 is 18.2 Å². The Labute approximate surface area is 236 Å². The molecule has 4 aromatic heterocycles. The molecule has 0 atom stereocenters. The van der Waals surface area contributed by atoms with E-state index in [2.05, 4.69) is 30.6 Å². The number of nitrogens with zero attached hydrogens (tertiary/aromatic N) is 5. The minimum Gasteiger partial charge on any atom is -0.424 e. The van der Waals surface area contributed by atoms with Gasteiger partial charge in [-0.2, -0.15) is 13.2 Å². The summed E-state index contributed by atoms with van der Waals surface area (Å²) in [6.45, 7) is 0. The quantitative estimate of drug-likeness (QED) is 0.219. The van der Waals surface area contributed by atoms with Crippen LogP contribution in [0.5, 0.6) is 11.8 Å². The summed E-state index contributed by atoms with van der Waals surface area (Å²) in [5.74, 6) is 0.499. The highest BCUT2D eigenvalue weighted by Crippen LogP contribution is 2.36. The van der Waals surface area contributed by atoms with Crippen molar-refractivity contribution in [3.63, 3.8) is 0 Å². The smallest absolute Gasteiger partial charge is 0.416 e. The highest BCUT2D eigenvalue weighted by molar-refractivity contribution is 6.02. The van der Waals surface area contributed by atoms with Gasteiger partial charge in [0.05, 0.1) is 41.2 Å². The molecule has 2 aromatic carbocycles. The fourth-order valence-corrected chi connectivity index (χ4v) is 4.26. The van der Waals surface area contributed by atoms with Gasteiger partial charge in [-0.05, 0) is 54.6 Å². The highest BCUT2D eigenvalue weighted by atomic mass is 19.4. The third kappa shape index (κ3) is 5.72. The number of carbonyl (C=O) groups is 1. The van der Waals surface area contributed by atoms with Crippen molar-refractivity contribution in [3.8, 4) is 34.1 Å². The van der Waals surface area contributed by atoms with Gasteiger partial charge in [0.1, 0.15) is 11.4 Å². The van der Waals surface area contributed by atoms with Gasteiger partial charge in [0, 0.05) is 35.3 Å². The van der Waals surface area contributed by atoms with E-state index in [0.717, 1.165) is 29.0 Å². The van der Waals surface area contributed by atoms with E-state index in [0.29, 0.717) is 16.9 Å². The Morgan fingerprint density at radius 2 is 1.62 bits per heavy atom. The van der Waals surface area contributed by atoms with Crippen molar-refractivity contribution < 1.29 is 22.7 Å². The number of urea groups is 1. The molecule has 0 saturated heterocycles. The number of hydrogen-bond donors (Lipinski definition) is 2. The third-order valence-corrected chi connectivity index (χ3v) is 6.23. The summed E-state index contributed by atoms with van der Waals surface area (Å²) in [7, 11) is 0. The molecule has 9 nitrogen and oxygen atoms in total. The molecule has 0 fully saturated rings. The van der Waals surface area contributed by atoms with E-state index in [1.54, 1.807) is 36.7 Å². The number of fused-ring (bicyclic) bond motifs is 1. The fourth-order valence-electron chi connectivity index (χ4n) is 4.26. The molecule has 4 heterocycles. The number of hydrogen-bond acceptors (Lipinski definition) is 6. The molecule has 42 heavy (non-hydrogen) atoms. The first-order valence-electron chi connectivity index (χ1n) is 12.6. The maximum atomic E-state index is 13.3. The van der Waals surface area contributed by atoms with Gasteiger partial charge in [0.15, 0.2) is 0 Å². The molecule has 0 radical (unpaired) electrons. The van der Waals surface area contributed by atoms with Gasteiger partial charge in [-0.1, -0.05) is 18.2 Å². The average molecular weight is 568 g/mol. The Hall–Kier alpha value is -5.78. The molecule has 6 aromatic rings. The Kier molecular flexibility index (Phi) is 6.93. The van der Waals surface area contributed by atoms with Gasteiger partial charge in [0.25, 0.3) is 0 Å². The van der Waals surface area contributed by atoms with Crippen molar-refractivity contribution >= 4 is 23.1 Å². The zero-order valence-corrected chi connectivity index (χ0v) is 21.6. The van der Waals surface area contributed by atoms with Crippen molar-refractivity contribution in [2.45, 2.75) is 6.18 Å². The number of alkyl halides is 3. The SMILES string of the molecule is O=C(Nc1cnc(Oc2ccc(-c3cnc4ccccn34)cc2)nc1)Nc1cc(C(F)(F)F)ccc1-c1cccnc1. The summed E-state index contributed by atoms with van der Waals surface area (Å²) in [5, 5.41) is 5.00. The Bertz CT molecular complexity index is 1860. The van der Waals surface area contributed by atoms with Gasteiger partial charge in [0.2, 0.25) is 0 Å². The number of pyridine rings is 2. The molecule has 0 aliphatic rings. The second-order valence-electron chi connectivity index (χ2n) is 9.03. The van der Waals surface area contributed by atoms with Crippen molar-refractivity contribution in [3.05, 3.63) is 116 Å². The molecule has 208 valence electrons. The second-order valence-corrected chi connectivity index (χ2v) is 9.03. The Balaban J connectivity index is 1.12. The molecule has 0 saturated carbocycles. The normalized spacial score (nSPS) is 11.3. The van der Waals surface area contributed by atoms with Gasteiger partial charge < -0.3 is 15.4 Å². The summed E-state index contributed by atoms with van der Waals surface area (Å²) in [5.41, 5.74) is 2.90. The number of halogens is 3. The topological polar surface area (TPSA) is 106 Å². The van der Waals surface area contributed by atoms with Crippen LogP contribution in [0.25, 0.3) is 28.0 Å². The van der Waals surface area contributed by atoms with Crippen molar-refractivity contribution in [1.29, 1.82) is 0 Å². The van der Waals surface area contributed by atoms with Crippen LogP contribution in [0, 0.1) is 0 Å². The number of carbonyl (C=O) groups excluding carboxylic acids is 1. The summed E-state index contributed by atoms with van der Waals surface area (Å²) in [6, 6.07) is 18.8. The number of imidazole rings is 1. The molecule has 0 aliphatic carbocycles. The number of anilines is 2. The van der Waals surface area contributed by atoms with E-state index in [9.17, 15) is 18.0 Å². The number of benzene rings is 2. The first-order valence-corrected chi connectivity index (χ1v) is 12.6. The summed E-state index contributed by atoms with van der Waals surface area (Å²) in [6.07, 6.45) is 4.82. The van der Waals surface area contributed by atoms with Crippen LogP contribution in [0.3, 0.4) is 0 Å². The van der Waals surface area contributed by atoms with Crippen LogP contribution in [-0.4, -0.2) is 30.4 Å². The van der Waals surface area contributed by atoms with Crippen LogP contribution in [0.15, 0.2) is 110 Å². The molecule has 0 bridgehead atoms. The van der Waals surface area contributed by atoms with Gasteiger partial charge in [-0.25, -0.2) is 19.7 Å². The summed E-state index contributed by atoms with van der Waals surface area (Å²) >= 11 is 0. The van der Waals surface area contributed by atoms with E-state index >= 15 is 0 Å². The zero-order valence-electron chi connectivity index (χ0n) is 21.6. The third-order valence-electron chi connectivity index (χ3n) is 6.23. The molecule has 0 aliphatic heterocycles. The predicted molar refractivity (Wildman–Crippen MR) is 150 cm³/mol. The lowest BCUT2D eigenvalue weighted by molar-refractivity contribution is -0.137. The fraction of sp³-hybridized carbons (Fsp3) is 0.0333. The van der Waals surface area contributed by atoms with E-state index < -0.39 is 17.8 Å². The predicted octanol–water partition coefficient (Wildman–Crippen LogP) is 7.31. The highest BCUT2D eigenvalue weighted by Gasteiger charge is 2.31. The minimum atomic E-state index is -4.58. The summed E-state index contributed by atoms with van der Waals surface area (Å²) in [4.78, 5) is 29.3. The number of amides is 2. The molecular weight excluding hydrogens is 547 g/mol. The van der Waals surface area contributed by atoms with Gasteiger partial charge in [-0.15, -0.1) is 0 Å². The Morgan fingerprint density at radius 3 is 2.36 bits per heavy atom. The maximum Gasteiger partial charge on any atom is 0.416 e. The van der Waals surface area contributed by atoms with Crippen LogP contribution in [0.4, 0.5) is 29.3 Å². The van der Waals surface area contributed by atoms with E-state index in [-0.39, 0.29) is 17.4 Å². The number of ether oxygens (including phenoxy) is 1. The number of rotatable bonds is 6. The van der Waals surface area contributed by atoms with Crippen LogP contribution in [-0.2, 0) is 6.18 Å². The molecule has 12 heteroatoms. The lowest BCUT2D eigenvalue weighted by Gasteiger charge is -2.15. The first-order chi connectivity index (χ1) is 20.3. The van der Waals surface area contributed by atoms with Crippen molar-refractivity contribution in [1.82, 2.24) is 24.3 Å².